The van der Waals surface area contributed by atoms with Crippen LogP contribution in [0.2, 0.25) is 0 Å². The van der Waals surface area contributed by atoms with E-state index in [0.717, 1.165) is 50.1 Å². The van der Waals surface area contributed by atoms with E-state index in [4.69, 9.17) is 0 Å². The normalized spacial score (nSPS) is 20.9. The van der Waals surface area contributed by atoms with Crippen LogP contribution < -0.4 is 5.32 Å². The van der Waals surface area contributed by atoms with Crippen molar-refractivity contribution in [3.05, 3.63) is 33.9 Å². The van der Waals surface area contributed by atoms with Gasteiger partial charge in [0.05, 0.1) is 15.7 Å². The maximum absolute atomic E-state index is 12.6. The van der Waals surface area contributed by atoms with Crippen LogP contribution in [0.5, 0.6) is 0 Å². The van der Waals surface area contributed by atoms with Crippen LogP contribution in [0.3, 0.4) is 0 Å². The third-order valence-corrected chi connectivity index (χ3v) is 5.78. The molecule has 1 aromatic carbocycles. The molecule has 27 heavy (non-hydrogen) atoms. The maximum atomic E-state index is 12.6. The molecule has 0 spiro atoms. The molecule has 0 bridgehead atoms. The molecular weight excluding hydrogens is 376 g/mol. The first-order valence-electron chi connectivity index (χ1n) is 8.63. The first-order chi connectivity index (χ1) is 12.6. The van der Waals surface area contributed by atoms with Gasteiger partial charge in [-0.05, 0) is 18.9 Å². The number of benzene rings is 1. The van der Waals surface area contributed by atoms with E-state index in [1.54, 1.807) is 0 Å². The number of non-ortho nitro benzene ring substituents is 1. The monoisotopic (exact) mass is 398 g/mol. The van der Waals surface area contributed by atoms with Gasteiger partial charge in [-0.2, -0.15) is 0 Å². The molecule has 0 heterocycles. The number of amides is 1. The molecule has 2 rings (SSSR count). The fraction of sp³-hybridized carbons (Fsp3) is 0.529. The SMILES string of the molecule is CS(=O)(=O)c1cc(C(=O)NC2CCCCCCC2C(=O)O)cc([N+](=O)[O-])c1. The summed E-state index contributed by atoms with van der Waals surface area (Å²) in [4.78, 5) is 34.1. The van der Waals surface area contributed by atoms with Crippen molar-refractivity contribution in [2.45, 2.75) is 49.5 Å². The average molecular weight is 398 g/mol. The molecule has 1 fully saturated rings. The Balaban J connectivity index is 2.33. The number of carbonyl (C=O) groups excluding carboxylic acids is 1. The smallest absolute Gasteiger partial charge is 0.308 e. The molecule has 2 N–H and O–H groups in total. The number of carboxylic acids is 1. The summed E-state index contributed by atoms with van der Waals surface area (Å²) in [6, 6.07) is 2.33. The minimum absolute atomic E-state index is 0.184. The number of aliphatic carboxylic acids is 1. The average Bonchev–Trinajstić information content (AvgIpc) is 2.55. The van der Waals surface area contributed by atoms with E-state index in [-0.39, 0.29) is 10.5 Å². The first kappa shape index (κ1) is 20.8. The maximum Gasteiger partial charge on any atom is 0.308 e. The molecule has 0 radical (unpaired) electrons. The lowest BCUT2D eigenvalue weighted by Gasteiger charge is -2.27. The highest BCUT2D eigenvalue weighted by Crippen LogP contribution is 2.25. The van der Waals surface area contributed by atoms with Gasteiger partial charge in [-0.3, -0.25) is 19.7 Å². The molecule has 1 aromatic rings. The standard InChI is InChI=1S/C17H22N2O7S/c1-27(25,26)13-9-11(8-12(10-13)19(23)24)16(20)18-15-7-5-3-2-4-6-14(15)17(21)22/h8-10,14-15H,2-7H2,1H3,(H,18,20)(H,21,22). The Morgan fingerprint density at radius 3 is 2.33 bits per heavy atom. The van der Waals surface area contributed by atoms with Gasteiger partial charge in [0.2, 0.25) is 0 Å². The zero-order valence-electron chi connectivity index (χ0n) is 14.9. The van der Waals surface area contributed by atoms with Gasteiger partial charge in [-0.15, -0.1) is 0 Å². The summed E-state index contributed by atoms with van der Waals surface area (Å²) in [6.45, 7) is 0. The Hall–Kier alpha value is -2.49. The molecule has 0 saturated heterocycles. The summed E-state index contributed by atoms with van der Waals surface area (Å²) in [5.74, 6) is -2.47. The van der Waals surface area contributed by atoms with E-state index in [0.29, 0.717) is 12.8 Å². The summed E-state index contributed by atoms with van der Waals surface area (Å²) >= 11 is 0. The van der Waals surface area contributed by atoms with Crippen molar-refractivity contribution in [1.82, 2.24) is 5.32 Å². The minimum Gasteiger partial charge on any atom is -0.481 e. The van der Waals surface area contributed by atoms with Crippen LogP contribution >= 0.6 is 0 Å². The largest absolute Gasteiger partial charge is 0.481 e. The van der Waals surface area contributed by atoms with E-state index in [1.807, 2.05) is 0 Å². The van der Waals surface area contributed by atoms with Crippen LogP contribution in [0.1, 0.15) is 48.9 Å². The Morgan fingerprint density at radius 2 is 1.78 bits per heavy atom. The molecule has 10 heteroatoms. The second-order valence-electron chi connectivity index (χ2n) is 6.76. The van der Waals surface area contributed by atoms with Crippen molar-refractivity contribution < 1.29 is 28.0 Å². The van der Waals surface area contributed by atoms with Crippen LogP contribution in [0.15, 0.2) is 23.1 Å². The Kier molecular flexibility index (Phi) is 6.53. The number of nitrogens with one attached hydrogen (secondary N) is 1. The van der Waals surface area contributed by atoms with Crippen LogP contribution in [-0.2, 0) is 14.6 Å². The molecule has 0 aliphatic heterocycles. The van der Waals surface area contributed by atoms with E-state index in [2.05, 4.69) is 5.32 Å². The van der Waals surface area contributed by atoms with Crippen molar-refractivity contribution >= 4 is 27.4 Å². The third kappa shape index (κ3) is 5.49. The number of hydrogen-bond acceptors (Lipinski definition) is 6. The molecule has 1 aliphatic rings. The molecule has 0 aromatic heterocycles. The van der Waals surface area contributed by atoms with Crippen LogP contribution in [-0.4, -0.2) is 42.6 Å². The van der Waals surface area contributed by atoms with Crippen molar-refractivity contribution in [2.24, 2.45) is 5.92 Å². The van der Waals surface area contributed by atoms with Gasteiger partial charge in [0.1, 0.15) is 0 Å². The molecule has 2 unspecified atom stereocenters. The lowest BCUT2D eigenvalue weighted by molar-refractivity contribution is -0.385. The number of carboxylic acid groups (broad SMARTS) is 1. The predicted molar refractivity (Wildman–Crippen MR) is 96.3 cm³/mol. The number of sulfone groups is 1. The number of nitro groups is 1. The summed E-state index contributed by atoms with van der Waals surface area (Å²) in [6.07, 6.45) is 5.20. The summed E-state index contributed by atoms with van der Waals surface area (Å²) in [5, 5.41) is 23.2. The van der Waals surface area contributed by atoms with E-state index < -0.39 is 44.3 Å². The minimum atomic E-state index is -3.76. The molecule has 148 valence electrons. The van der Waals surface area contributed by atoms with Crippen molar-refractivity contribution in [3.63, 3.8) is 0 Å². The third-order valence-electron chi connectivity index (χ3n) is 4.69. The second-order valence-corrected chi connectivity index (χ2v) is 8.78. The van der Waals surface area contributed by atoms with Gasteiger partial charge < -0.3 is 10.4 Å². The fourth-order valence-corrected chi connectivity index (χ4v) is 3.91. The van der Waals surface area contributed by atoms with E-state index >= 15 is 0 Å². The highest BCUT2D eigenvalue weighted by atomic mass is 32.2. The van der Waals surface area contributed by atoms with E-state index in [1.165, 1.54) is 0 Å². The zero-order valence-corrected chi connectivity index (χ0v) is 15.7. The molecule has 1 amide bonds. The van der Waals surface area contributed by atoms with Gasteiger partial charge in [-0.1, -0.05) is 25.7 Å². The van der Waals surface area contributed by atoms with Crippen molar-refractivity contribution in [3.8, 4) is 0 Å². The quantitative estimate of drug-likeness (QED) is 0.571. The molecule has 1 aliphatic carbocycles. The first-order valence-corrected chi connectivity index (χ1v) is 10.5. The highest BCUT2D eigenvalue weighted by molar-refractivity contribution is 7.90. The van der Waals surface area contributed by atoms with Gasteiger partial charge in [0.15, 0.2) is 9.84 Å². The number of nitro benzene ring substituents is 1. The van der Waals surface area contributed by atoms with Crippen LogP contribution in [0.4, 0.5) is 5.69 Å². The Bertz CT molecular complexity index is 851. The summed E-state index contributed by atoms with van der Waals surface area (Å²) < 4.78 is 23.5. The molecule has 2 atom stereocenters. The molecule has 9 nitrogen and oxygen atoms in total. The van der Waals surface area contributed by atoms with Gasteiger partial charge >= 0.3 is 5.97 Å². The number of rotatable bonds is 5. The van der Waals surface area contributed by atoms with Crippen molar-refractivity contribution in [2.75, 3.05) is 6.26 Å². The van der Waals surface area contributed by atoms with Gasteiger partial charge in [0.25, 0.3) is 11.6 Å². The Labute approximate surface area is 156 Å². The van der Waals surface area contributed by atoms with Gasteiger partial charge in [-0.25, -0.2) is 8.42 Å². The van der Waals surface area contributed by atoms with E-state index in [9.17, 15) is 33.2 Å². The predicted octanol–water partition coefficient (Wildman–Crippen LogP) is 2.15. The van der Waals surface area contributed by atoms with Gasteiger partial charge in [0, 0.05) is 30.0 Å². The number of hydrogen-bond donors (Lipinski definition) is 2. The topological polar surface area (TPSA) is 144 Å². The molecule has 1 saturated carbocycles. The second kappa shape index (κ2) is 8.47. The number of carbonyl (C=O) groups is 2. The van der Waals surface area contributed by atoms with Crippen LogP contribution in [0.25, 0.3) is 0 Å². The highest BCUT2D eigenvalue weighted by Gasteiger charge is 2.30. The zero-order chi connectivity index (χ0) is 20.2. The number of nitrogens with zero attached hydrogens (tertiary/aromatic N) is 1. The lowest BCUT2D eigenvalue weighted by Crippen LogP contribution is -2.44. The van der Waals surface area contributed by atoms with Crippen LogP contribution in [0, 0.1) is 16.0 Å². The lowest BCUT2D eigenvalue weighted by atomic mass is 9.86. The fourth-order valence-electron chi connectivity index (χ4n) is 3.24. The molecular formula is C17H22N2O7S. The Morgan fingerprint density at radius 1 is 1.15 bits per heavy atom. The summed E-state index contributed by atoms with van der Waals surface area (Å²) in [7, 11) is -3.76. The summed E-state index contributed by atoms with van der Waals surface area (Å²) in [5.41, 5.74) is -0.702. The van der Waals surface area contributed by atoms with Crippen molar-refractivity contribution in [1.29, 1.82) is 0 Å².